The van der Waals surface area contributed by atoms with Gasteiger partial charge in [-0.1, -0.05) is 158 Å². The van der Waals surface area contributed by atoms with E-state index in [1.807, 2.05) is 12.1 Å². The fourth-order valence-electron chi connectivity index (χ4n) is 10.1. The van der Waals surface area contributed by atoms with Crippen LogP contribution in [0.4, 0.5) is 17.1 Å². The molecule has 0 amide bonds. The zero-order valence-electron chi connectivity index (χ0n) is 35.4. The van der Waals surface area contributed by atoms with Crippen LogP contribution < -0.4 is 4.90 Å². The van der Waals surface area contributed by atoms with E-state index in [2.05, 4.69) is 240 Å². The highest BCUT2D eigenvalue weighted by molar-refractivity contribution is 6.14. The number of rotatable bonds is 7. The van der Waals surface area contributed by atoms with Gasteiger partial charge in [0.1, 0.15) is 11.2 Å². The third kappa shape index (κ3) is 6.20. The van der Waals surface area contributed by atoms with Gasteiger partial charge >= 0.3 is 0 Å². The highest BCUT2D eigenvalue weighted by atomic mass is 16.3. The molecule has 0 spiro atoms. The Labute approximate surface area is 376 Å². The average Bonchev–Trinajstić information content (AvgIpc) is 3.92. The lowest BCUT2D eigenvalue weighted by molar-refractivity contribution is 0.669. The number of nitrogens with zero attached hydrogens (tertiary/aromatic N) is 2. The topological polar surface area (TPSA) is 21.3 Å². The third-order valence-corrected chi connectivity index (χ3v) is 13.2. The predicted octanol–water partition coefficient (Wildman–Crippen LogP) is 17.5. The summed E-state index contributed by atoms with van der Waals surface area (Å²) < 4.78 is 8.65. The molecule has 2 aromatic heterocycles. The number of furan rings is 1. The molecule has 0 aliphatic heterocycles. The monoisotopic (exact) mass is 828 g/mol. The summed E-state index contributed by atoms with van der Waals surface area (Å²) in [6.45, 7) is 0. The van der Waals surface area contributed by atoms with E-state index in [9.17, 15) is 0 Å². The molecule has 3 nitrogen and oxygen atoms in total. The van der Waals surface area contributed by atoms with Gasteiger partial charge in [0, 0.05) is 44.3 Å². The molecule has 13 aromatic rings. The Bertz CT molecular complexity index is 3880. The maximum Gasteiger partial charge on any atom is 0.136 e. The normalized spacial score (nSPS) is 11.7. The smallest absolute Gasteiger partial charge is 0.136 e. The molecule has 0 atom stereocenters. The van der Waals surface area contributed by atoms with Gasteiger partial charge in [-0.2, -0.15) is 0 Å². The highest BCUT2D eigenvalue weighted by Crippen LogP contribution is 2.41. The molecule has 0 bridgehead atoms. The van der Waals surface area contributed by atoms with Gasteiger partial charge in [-0.05, 0) is 140 Å². The standard InChI is InChI=1S/C62H40N2O/c1-2-15-51-46(12-1)39-58(53-17-4-3-16-52(51)53)43-28-35-49(36-29-43)63(48-33-26-42(27-34-48)45-30-37-57-56-20-7-10-23-61(56)65-62(57)40-45)47-31-24-41(25-32-47)44-13-11-14-50(38-44)64-59-21-8-5-18-54(59)55-19-6-9-22-60(55)64/h1-40H. The lowest BCUT2D eigenvalue weighted by Gasteiger charge is -2.26. The van der Waals surface area contributed by atoms with Crippen molar-refractivity contribution < 1.29 is 4.42 Å². The minimum atomic E-state index is 0.898. The van der Waals surface area contributed by atoms with E-state index in [4.69, 9.17) is 4.42 Å². The molecule has 13 rings (SSSR count). The van der Waals surface area contributed by atoms with Gasteiger partial charge in [-0.15, -0.1) is 0 Å². The molecule has 65 heavy (non-hydrogen) atoms. The summed E-state index contributed by atoms with van der Waals surface area (Å²) in [4.78, 5) is 2.35. The first-order chi connectivity index (χ1) is 32.2. The molecule has 304 valence electrons. The summed E-state index contributed by atoms with van der Waals surface area (Å²) in [5.74, 6) is 0. The van der Waals surface area contributed by atoms with Crippen LogP contribution in [0.5, 0.6) is 0 Å². The fourth-order valence-corrected chi connectivity index (χ4v) is 10.1. The van der Waals surface area contributed by atoms with Crippen LogP contribution in [0.15, 0.2) is 247 Å². The van der Waals surface area contributed by atoms with E-state index in [1.165, 1.54) is 60.0 Å². The van der Waals surface area contributed by atoms with Crippen LogP contribution in [0.2, 0.25) is 0 Å². The van der Waals surface area contributed by atoms with Crippen LogP contribution in [-0.2, 0) is 0 Å². The summed E-state index contributed by atoms with van der Waals surface area (Å²) in [5.41, 5.74) is 15.6. The first kappa shape index (κ1) is 36.9. The van der Waals surface area contributed by atoms with Crippen LogP contribution in [-0.4, -0.2) is 4.57 Å². The Balaban J connectivity index is 0.889. The van der Waals surface area contributed by atoms with Crippen molar-refractivity contribution in [2.24, 2.45) is 0 Å². The van der Waals surface area contributed by atoms with E-state index in [0.29, 0.717) is 0 Å². The molecule has 0 aliphatic rings. The van der Waals surface area contributed by atoms with Gasteiger partial charge in [0.25, 0.3) is 0 Å². The maximum absolute atomic E-state index is 6.27. The molecule has 11 aromatic carbocycles. The molecule has 0 saturated carbocycles. The molecule has 0 unspecified atom stereocenters. The van der Waals surface area contributed by atoms with Crippen molar-refractivity contribution in [1.29, 1.82) is 0 Å². The van der Waals surface area contributed by atoms with Crippen molar-refractivity contribution in [1.82, 2.24) is 4.57 Å². The Morgan fingerprint density at radius 2 is 0.785 bits per heavy atom. The van der Waals surface area contributed by atoms with E-state index in [0.717, 1.165) is 61.4 Å². The summed E-state index contributed by atoms with van der Waals surface area (Å²) in [6, 6.07) is 87.7. The SMILES string of the molecule is c1cc(-c2ccc(N(c3ccc(-c4ccc5c(c4)oc4ccccc45)cc3)c3ccc(-c4cc5ccccc5c5ccccc45)cc3)cc2)cc(-n2c3ccccc3c3ccccc32)c1. The van der Waals surface area contributed by atoms with Gasteiger partial charge < -0.3 is 13.9 Å². The van der Waals surface area contributed by atoms with E-state index in [1.54, 1.807) is 0 Å². The Morgan fingerprint density at radius 1 is 0.292 bits per heavy atom. The number of hydrogen-bond donors (Lipinski definition) is 0. The zero-order valence-corrected chi connectivity index (χ0v) is 35.4. The Kier molecular flexibility index (Phi) is 8.53. The molecule has 2 heterocycles. The largest absolute Gasteiger partial charge is 0.456 e. The second-order valence-corrected chi connectivity index (χ2v) is 16.9. The Morgan fingerprint density at radius 3 is 1.45 bits per heavy atom. The molecular formula is C62H40N2O. The average molecular weight is 829 g/mol. The number of anilines is 3. The number of para-hydroxylation sites is 3. The molecular weight excluding hydrogens is 789 g/mol. The first-order valence-electron chi connectivity index (χ1n) is 22.2. The molecule has 3 heteroatoms. The maximum atomic E-state index is 6.27. The molecule has 0 saturated heterocycles. The fraction of sp³-hybridized carbons (Fsp3) is 0. The van der Waals surface area contributed by atoms with Crippen molar-refractivity contribution in [3.63, 3.8) is 0 Å². The van der Waals surface area contributed by atoms with Gasteiger partial charge in [0.2, 0.25) is 0 Å². The third-order valence-electron chi connectivity index (χ3n) is 13.2. The van der Waals surface area contributed by atoms with Gasteiger partial charge in [-0.25, -0.2) is 0 Å². The van der Waals surface area contributed by atoms with Gasteiger partial charge in [0.15, 0.2) is 0 Å². The summed E-state index contributed by atoms with van der Waals surface area (Å²) in [7, 11) is 0. The van der Waals surface area contributed by atoms with E-state index in [-0.39, 0.29) is 0 Å². The number of benzene rings is 11. The lowest BCUT2D eigenvalue weighted by Crippen LogP contribution is -2.09. The van der Waals surface area contributed by atoms with Crippen LogP contribution in [0, 0.1) is 0 Å². The highest BCUT2D eigenvalue weighted by Gasteiger charge is 2.17. The van der Waals surface area contributed by atoms with Crippen molar-refractivity contribution in [2.75, 3.05) is 4.90 Å². The van der Waals surface area contributed by atoms with Crippen molar-refractivity contribution >= 4 is 82.4 Å². The van der Waals surface area contributed by atoms with Crippen LogP contribution in [0.3, 0.4) is 0 Å². The second-order valence-electron chi connectivity index (χ2n) is 16.9. The zero-order chi connectivity index (χ0) is 42.8. The van der Waals surface area contributed by atoms with Crippen LogP contribution >= 0.6 is 0 Å². The lowest BCUT2D eigenvalue weighted by atomic mass is 9.93. The summed E-state index contributed by atoms with van der Waals surface area (Å²) >= 11 is 0. The molecule has 0 radical (unpaired) electrons. The molecule has 0 fully saturated rings. The summed E-state index contributed by atoms with van der Waals surface area (Å²) in [5, 5.41) is 9.84. The first-order valence-corrected chi connectivity index (χ1v) is 22.2. The quantitative estimate of drug-likeness (QED) is 0.149. The number of aromatic nitrogens is 1. The minimum Gasteiger partial charge on any atom is -0.456 e. The second kappa shape index (κ2) is 15.0. The minimum absolute atomic E-state index is 0.898. The number of fused-ring (bicyclic) bond motifs is 9. The summed E-state index contributed by atoms with van der Waals surface area (Å²) in [6.07, 6.45) is 0. The predicted molar refractivity (Wildman–Crippen MR) is 274 cm³/mol. The van der Waals surface area contributed by atoms with Crippen molar-refractivity contribution in [2.45, 2.75) is 0 Å². The van der Waals surface area contributed by atoms with E-state index >= 15 is 0 Å². The van der Waals surface area contributed by atoms with Crippen molar-refractivity contribution in [3.8, 4) is 39.1 Å². The molecule has 0 N–H and O–H groups in total. The van der Waals surface area contributed by atoms with Gasteiger partial charge in [-0.3, -0.25) is 0 Å². The Hall–Kier alpha value is -8.66. The van der Waals surface area contributed by atoms with Crippen LogP contribution in [0.25, 0.3) is 104 Å². The molecule has 0 aliphatic carbocycles. The van der Waals surface area contributed by atoms with Crippen molar-refractivity contribution in [3.05, 3.63) is 243 Å². The number of hydrogen-bond acceptors (Lipinski definition) is 2. The van der Waals surface area contributed by atoms with Gasteiger partial charge in [0.05, 0.1) is 11.0 Å². The van der Waals surface area contributed by atoms with E-state index < -0.39 is 0 Å². The van der Waals surface area contributed by atoms with Crippen LogP contribution in [0.1, 0.15) is 0 Å².